The van der Waals surface area contributed by atoms with E-state index in [1.54, 1.807) is 13.3 Å². The van der Waals surface area contributed by atoms with Crippen LogP contribution in [0.4, 0.5) is 0 Å². The Bertz CT molecular complexity index is 313. The van der Waals surface area contributed by atoms with E-state index in [-0.39, 0.29) is 5.60 Å². The van der Waals surface area contributed by atoms with Crippen LogP contribution in [-0.2, 0) is 4.74 Å². The smallest absolute Gasteiger partial charge is 0.316 e. The zero-order valence-electron chi connectivity index (χ0n) is 9.70. The van der Waals surface area contributed by atoms with Crippen LogP contribution in [0.2, 0.25) is 0 Å². The van der Waals surface area contributed by atoms with E-state index in [1.807, 2.05) is 20.8 Å². The van der Waals surface area contributed by atoms with Gasteiger partial charge in [-0.25, -0.2) is 4.98 Å². The summed E-state index contributed by atoms with van der Waals surface area (Å²) in [7, 11) is 1.69. The quantitative estimate of drug-likeness (QED) is 0.741. The van der Waals surface area contributed by atoms with Crippen LogP contribution in [0.1, 0.15) is 26.0 Å². The normalized spacial score (nSPS) is 11.5. The third kappa shape index (κ3) is 4.25. The van der Waals surface area contributed by atoms with Crippen LogP contribution in [0.5, 0.6) is 6.01 Å². The van der Waals surface area contributed by atoms with Crippen molar-refractivity contribution in [3.05, 3.63) is 18.0 Å². The molecule has 15 heavy (non-hydrogen) atoms. The molecule has 0 N–H and O–H groups in total. The Kier molecular flexibility index (Phi) is 4.03. The van der Waals surface area contributed by atoms with Gasteiger partial charge in [-0.1, -0.05) is 0 Å². The zero-order valence-corrected chi connectivity index (χ0v) is 9.70. The second-order valence-corrected chi connectivity index (χ2v) is 3.94. The van der Waals surface area contributed by atoms with Crippen molar-refractivity contribution in [2.75, 3.05) is 13.7 Å². The standard InChI is InChI=1S/C11H17N2O2/c1-9-5-7-12-10(13-9)15-8-6-11(2,3)14-4/h7H,6,8H2,1-4H3. The maximum Gasteiger partial charge on any atom is 0.316 e. The molecule has 0 aromatic carbocycles. The van der Waals surface area contributed by atoms with Gasteiger partial charge in [0.1, 0.15) is 0 Å². The number of aryl methyl sites for hydroxylation is 1. The molecule has 4 nitrogen and oxygen atoms in total. The van der Waals surface area contributed by atoms with Crippen molar-refractivity contribution in [2.45, 2.75) is 32.8 Å². The molecular formula is C11H17N2O2. The number of ether oxygens (including phenoxy) is 2. The highest BCUT2D eigenvalue weighted by Crippen LogP contribution is 2.13. The fraction of sp³-hybridized carbons (Fsp3) is 0.636. The second kappa shape index (κ2) is 5.07. The van der Waals surface area contributed by atoms with E-state index in [0.717, 1.165) is 12.1 Å². The first-order valence-corrected chi connectivity index (χ1v) is 4.93. The minimum Gasteiger partial charge on any atom is -0.463 e. The molecule has 4 heteroatoms. The van der Waals surface area contributed by atoms with Crippen molar-refractivity contribution < 1.29 is 9.47 Å². The summed E-state index contributed by atoms with van der Waals surface area (Å²) in [5.41, 5.74) is 0.613. The van der Waals surface area contributed by atoms with Crippen LogP contribution in [-0.4, -0.2) is 29.3 Å². The summed E-state index contributed by atoms with van der Waals surface area (Å²) in [4.78, 5) is 8.04. The average molecular weight is 209 g/mol. The van der Waals surface area contributed by atoms with E-state index in [4.69, 9.17) is 9.47 Å². The van der Waals surface area contributed by atoms with Gasteiger partial charge in [0.15, 0.2) is 0 Å². The van der Waals surface area contributed by atoms with Crippen molar-refractivity contribution in [3.63, 3.8) is 0 Å². The molecule has 0 fully saturated rings. The molecule has 83 valence electrons. The Morgan fingerprint density at radius 1 is 1.47 bits per heavy atom. The predicted octanol–water partition coefficient (Wildman–Crippen LogP) is 1.78. The summed E-state index contributed by atoms with van der Waals surface area (Å²) >= 11 is 0. The molecule has 0 aliphatic rings. The lowest BCUT2D eigenvalue weighted by molar-refractivity contribution is 0.00466. The van der Waals surface area contributed by atoms with Gasteiger partial charge < -0.3 is 9.47 Å². The maximum absolute atomic E-state index is 5.40. The average Bonchev–Trinajstić information content (AvgIpc) is 2.18. The van der Waals surface area contributed by atoms with Crippen molar-refractivity contribution in [1.82, 2.24) is 9.97 Å². The van der Waals surface area contributed by atoms with E-state index in [9.17, 15) is 0 Å². The van der Waals surface area contributed by atoms with Crippen molar-refractivity contribution in [1.29, 1.82) is 0 Å². The molecule has 0 saturated carbocycles. The molecule has 0 spiro atoms. The molecule has 1 heterocycles. The molecule has 1 radical (unpaired) electrons. The molecule has 1 aromatic rings. The summed E-state index contributed by atoms with van der Waals surface area (Å²) in [6.07, 6.45) is 2.36. The van der Waals surface area contributed by atoms with E-state index in [2.05, 4.69) is 16.0 Å². The highest BCUT2D eigenvalue weighted by Gasteiger charge is 2.16. The first kappa shape index (κ1) is 11.9. The molecule has 0 unspecified atom stereocenters. The highest BCUT2D eigenvalue weighted by molar-refractivity contribution is 5.01. The maximum atomic E-state index is 5.40. The molecule has 0 aliphatic carbocycles. The summed E-state index contributed by atoms with van der Waals surface area (Å²) in [6, 6.07) is 3.26. The molecule has 0 aliphatic heterocycles. The van der Waals surface area contributed by atoms with Gasteiger partial charge in [-0.15, -0.1) is 0 Å². The number of aromatic nitrogens is 2. The molecule has 0 bridgehead atoms. The summed E-state index contributed by atoms with van der Waals surface area (Å²) in [5, 5.41) is 0. The number of rotatable bonds is 5. The lowest BCUT2D eigenvalue weighted by atomic mass is 10.1. The third-order valence-corrected chi connectivity index (χ3v) is 2.20. The first-order chi connectivity index (χ1) is 7.03. The van der Waals surface area contributed by atoms with Gasteiger partial charge in [-0.3, -0.25) is 0 Å². The van der Waals surface area contributed by atoms with Gasteiger partial charge in [0, 0.05) is 25.8 Å². The molecule has 0 saturated heterocycles. The Balaban J connectivity index is 2.38. The van der Waals surface area contributed by atoms with Crippen LogP contribution in [0.15, 0.2) is 6.20 Å². The lowest BCUT2D eigenvalue weighted by Gasteiger charge is -2.22. The summed E-state index contributed by atoms with van der Waals surface area (Å²) in [5.74, 6) is 0. The fourth-order valence-electron chi connectivity index (χ4n) is 0.945. The lowest BCUT2D eigenvalue weighted by Crippen LogP contribution is -2.25. The third-order valence-electron chi connectivity index (χ3n) is 2.20. The Labute approximate surface area is 90.7 Å². The van der Waals surface area contributed by atoms with E-state index >= 15 is 0 Å². The van der Waals surface area contributed by atoms with Crippen molar-refractivity contribution in [3.8, 4) is 6.01 Å². The van der Waals surface area contributed by atoms with Crippen LogP contribution >= 0.6 is 0 Å². The molecule has 0 atom stereocenters. The molecular weight excluding hydrogens is 192 g/mol. The highest BCUT2D eigenvalue weighted by atomic mass is 16.5. The topological polar surface area (TPSA) is 44.2 Å². The van der Waals surface area contributed by atoms with Crippen LogP contribution in [0.3, 0.4) is 0 Å². The van der Waals surface area contributed by atoms with E-state index in [0.29, 0.717) is 12.6 Å². The zero-order chi connectivity index (χ0) is 11.3. The van der Waals surface area contributed by atoms with Gasteiger partial charge >= 0.3 is 6.01 Å². The Morgan fingerprint density at radius 2 is 2.20 bits per heavy atom. The predicted molar refractivity (Wildman–Crippen MR) is 56.8 cm³/mol. The van der Waals surface area contributed by atoms with Gasteiger partial charge in [0.05, 0.1) is 17.9 Å². The van der Waals surface area contributed by atoms with Crippen LogP contribution < -0.4 is 4.74 Å². The number of hydrogen-bond acceptors (Lipinski definition) is 4. The largest absolute Gasteiger partial charge is 0.463 e. The van der Waals surface area contributed by atoms with Crippen molar-refractivity contribution in [2.24, 2.45) is 0 Å². The number of methoxy groups -OCH3 is 1. The van der Waals surface area contributed by atoms with Crippen molar-refractivity contribution >= 4 is 0 Å². The monoisotopic (exact) mass is 209 g/mol. The molecule has 0 amide bonds. The van der Waals surface area contributed by atoms with Crippen LogP contribution in [0, 0.1) is 13.0 Å². The number of nitrogens with zero attached hydrogens (tertiary/aromatic N) is 2. The molecule has 1 aromatic heterocycles. The molecule has 1 rings (SSSR count). The van der Waals surface area contributed by atoms with Gasteiger partial charge in [0.2, 0.25) is 0 Å². The SMILES string of the molecule is COC(C)(C)CCOc1nc[c]c(C)n1. The van der Waals surface area contributed by atoms with Gasteiger partial charge in [-0.2, -0.15) is 4.98 Å². The first-order valence-electron chi connectivity index (χ1n) is 4.93. The van der Waals surface area contributed by atoms with Gasteiger partial charge in [-0.05, 0) is 20.8 Å². The Hall–Kier alpha value is -1.16. The summed E-state index contributed by atoms with van der Waals surface area (Å²) in [6.45, 7) is 6.43. The minimum atomic E-state index is -0.171. The Morgan fingerprint density at radius 3 is 2.80 bits per heavy atom. The van der Waals surface area contributed by atoms with E-state index in [1.165, 1.54) is 0 Å². The van der Waals surface area contributed by atoms with E-state index < -0.39 is 0 Å². The second-order valence-electron chi connectivity index (χ2n) is 3.94. The van der Waals surface area contributed by atoms with Crippen LogP contribution in [0.25, 0.3) is 0 Å². The fourth-order valence-corrected chi connectivity index (χ4v) is 0.945. The summed E-state index contributed by atoms with van der Waals surface area (Å²) < 4.78 is 10.7. The number of hydrogen-bond donors (Lipinski definition) is 0. The minimum absolute atomic E-state index is 0.171. The van der Waals surface area contributed by atoms with Gasteiger partial charge in [0.25, 0.3) is 0 Å².